The highest BCUT2D eigenvalue weighted by Crippen LogP contribution is 2.29. The molecule has 2 aromatic heterocycles. The second-order valence-electron chi connectivity index (χ2n) is 16.8. The van der Waals surface area contributed by atoms with Crippen molar-refractivity contribution in [2.75, 3.05) is 20.0 Å². The third kappa shape index (κ3) is 11.9. The number of carbonyl (C=O) groups is 4. The van der Waals surface area contributed by atoms with Crippen molar-refractivity contribution < 1.29 is 33.6 Å². The van der Waals surface area contributed by atoms with Gasteiger partial charge >= 0.3 is 11.9 Å². The maximum atomic E-state index is 13.0. The molecule has 0 aliphatic carbocycles. The van der Waals surface area contributed by atoms with Gasteiger partial charge in [-0.15, -0.1) is 0 Å². The van der Waals surface area contributed by atoms with Crippen molar-refractivity contribution in [2.45, 2.75) is 24.9 Å². The molecule has 0 aliphatic heterocycles. The number of carbonyl (C=O) groups excluding carboxylic acids is 4. The van der Waals surface area contributed by atoms with Crippen LogP contribution in [0.15, 0.2) is 143 Å². The van der Waals surface area contributed by atoms with E-state index >= 15 is 0 Å². The van der Waals surface area contributed by atoms with E-state index in [0.29, 0.717) is 44.4 Å². The molecule has 74 heavy (non-hydrogen) atoms. The van der Waals surface area contributed by atoms with E-state index in [1.807, 2.05) is 18.2 Å². The molecule has 6 aromatic carbocycles. The summed E-state index contributed by atoms with van der Waals surface area (Å²) in [4.78, 5) is 87.2. The topological polar surface area (TPSA) is 224 Å². The number of fused-ring (bicyclic) bond motifs is 2. The van der Waals surface area contributed by atoms with Crippen molar-refractivity contribution in [3.63, 3.8) is 0 Å². The summed E-state index contributed by atoms with van der Waals surface area (Å²) in [6, 6.07) is 34.5. The number of nitro groups is 1. The van der Waals surface area contributed by atoms with Gasteiger partial charge in [-0.1, -0.05) is 107 Å². The number of benzene rings is 6. The van der Waals surface area contributed by atoms with E-state index in [-0.39, 0.29) is 60.9 Å². The van der Waals surface area contributed by atoms with Crippen LogP contribution in [-0.4, -0.2) is 64.1 Å². The lowest BCUT2D eigenvalue weighted by molar-refractivity contribution is -0.384. The highest BCUT2D eigenvalue weighted by atomic mass is 35.5. The van der Waals surface area contributed by atoms with E-state index in [0.717, 1.165) is 16.5 Å². The minimum absolute atomic E-state index is 0.0486. The number of non-ortho nitro benzene ring substituents is 1. The quantitative estimate of drug-likeness (QED) is 0.0427. The number of rotatable bonds is 13. The van der Waals surface area contributed by atoms with Gasteiger partial charge in [0.25, 0.3) is 28.6 Å². The maximum Gasteiger partial charge on any atom is 0.328 e. The molecule has 2 atom stereocenters. The van der Waals surface area contributed by atoms with Crippen molar-refractivity contribution in [1.82, 2.24) is 19.8 Å². The number of nitrogens with two attached hydrogens (primary N) is 1. The molecule has 0 saturated carbocycles. The molecule has 2 amide bonds. The summed E-state index contributed by atoms with van der Waals surface area (Å²) in [6.07, 6.45) is 0.260. The van der Waals surface area contributed by atoms with Gasteiger partial charge in [0.2, 0.25) is 0 Å². The van der Waals surface area contributed by atoms with Crippen LogP contribution in [0.25, 0.3) is 44.1 Å². The number of aromatic nitrogens is 2. The van der Waals surface area contributed by atoms with Gasteiger partial charge < -0.3 is 35.0 Å². The molecule has 2 heterocycles. The second-order valence-corrected chi connectivity index (χ2v) is 18.4. The first-order chi connectivity index (χ1) is 35.3. The fourth-order valence-electron chi connectivity index (χ4n) is 8.17. The minimum Gasteiger partial charge on any atom is -0.467 e. The highest BCUT2D eigenvalue weighted by Gasteiger charge is 2.27. The van der Waals surface area contributed by atoms with Gasteiger partial charge in [0.15, 0.2) is 0 Å². The number of anilines is 1. The first-order valence-electron chi connectivity index (χ1n) is 22.3. The zero-order valence-corrected chi connectivity index (χ0v) is 42.8. The molecule has 16 nitrogen and oxygen atoms in total. The maximum absolute atomic E-state index is 13.0. The molecule has 8 aromatic rings. The molecule has 0 fully saturated rings. The second kappa shape index (κ2) is 23.2. The first kappa shape index (κ1) is 53.8. The van der Waals surface area contributed by atoms with Crippen LogP contribution in [0, 0.1) is 10.1 Å². The number of ether oxygens (including phenoxy) is 2. The zero-order chi connectivity index (χ0) is 53.5. The number of nitrogen functional groups attached to an aromatic ring is 1. The SMILES string of the molecule is COC(=O)[C@H](Cc1ccc(-c2cc3cc(N)ccc3n(C)c2=O)cc1)NC(=O)c1c(Cl)cccc1Cl.COC(=O)[C@H](Cc1ccc(-c2cc3cc([N+](=O)[O-])ccc3n(C)c2=O)cc1)NC(=O)c1c(Cl)cccc1Cl. The molecule has 4 N–H and O–H groups in total. The molecule has 20 heteroatoms. The molecule has 0 aliphatic rings. The largest absolute Gasteiger partial charge is 0.467 e. The Labute approximate surface area is 442 Å². The van der Waals surface area contributed by atoms with Crippen molar-refractivity contribution in [3.05, 3.63) is 207 Å². The van der Waals surface area contributed by atoms with E-state index in [1.165, 1.54) is 43.1 Å². The average molecular weight is 1080 g/mol. The summed E-state index contributed by atoms with van der Waals surface area (Å²) >= 11 is 24.5. The smallest absolute Gasteiger partial charge is 0.328 e. The molecule has 0 spiro atoms. The van der Waals surface area contributed by atoms with Crippen LogP contribution < -0.4 is 27.5 Å². The van der Waals surface area contributed by atoms with Crippen LogP contribution in [0.5, 0.6) is 0 Å². The number of nitrogens with one attached hydrogen (secondary N) is 2. The number of nitrogens with zero attached hydrogens (tertiary/aromatic N) is 3. The number of aryl methyl sites for hydroxylation is 2. The molecule has 0 bridgehead atoms. The summed E-state index contributed by atoms with van der Waals surface area (Å²) in [6.45, 7) is 0. The van der Waals surface area contributed by atoms with Gasteiger partial charge in [0.05, 0.1) is 61.4 Å². The lowest BCUT2D eigenvalue weighted by atomic mass is 10.00. The average Bonchev–Trinajstić information content (AvgIpc) is 3.38. The Bertz CT molecular complexity index is 3600. The summed E-state index contributed by atoms with van der Waals surface area (Å²) in [5.74, 6) is -2.48. The van der Waals surface area contributed by atoms with E-state index in [1.54, 1.807) is 110 Å². The normalized spacial score (nSPS) is 11.7. The number of halogens is 4. The Balaban J connectivity index is 0.000000217. The molecular weight excluding hydrogens is 1030 g/mol. The number of hydrogen-bond donors (Lipinski definition) is 3. The van der Waals surface area contributed by atoms with Crippen LogP contribution in [0.4, 0.5) is 11.4 Å². The van der Waals surface area contributed by atoms with Gasteiger partial charge in [-0.3, -0.25) is 29.3 Å². The Morgan fingerprint density at radius 1 is 0.581 bits per heavy atom. The van der Waals surface area contributed by atoms with E-state index < -0.39 is 40.8 Å². The summed E-state index contributed by atoms with van der Waals surface area (Å²) in [5.41, 5.74) is 11.1. The molecule has 8 rings (SSSR count). The Hall–Kier alpha value is -8.02. The molecule has 0 radical (unpaired) electrons. The van der Waals surface area contributed by atoms with Crippen molar-refractivity contribution in [2.24, 2.45) is 14.1 Å². The van der Waals surface area contributed by atoms with E-state index in [4.69, 9.17) is 61.6 Å². The lowest BCUT2D eigenvalue weighted by Gasteiger charge is -2.18. The van der Waals surface area contributed by atoms with Crippen LogP contribution in [0.2, 0.25) is 20.1 Å². The summed E-state index contributed by atoms with van der Waals surface area (Å²) in [5, 5.41) is 18.5. The lowest BCUT2D eigenvalue weighted by Crippen LogP contribution is -2.43. The monoisotopic (exact) mass is 1080 g/mol. The fraction of sp³-hybridized carbons (Fsp3) is 0.148. The Morgan fingerprint density at radius 3 is 1.34 bits per heavy atom. The number of amides is 2. The fourth-order valence-corrected chi connectivity index (χ4v) is 9.31. The molecular formula is C54H44Cl4N6O10. The number of pyridine rings is 2. The highest BCUT2D eigenvalue weighted by molar-refractivity contribution is 6.40. The van der Waals surface area contributed by atoms with Gasteiger partial charge in [0.1, 0.15) is 12.1 Å². The number of methoxy groups -OCH3 is 2. The van der Waals surface area contributed by atoms with Gasteiger partial charge in [-0.2, -0.15) is 0 Å². The van der Waals surface area contributed by atoms with Crippen LogP contribution >= 0.6 is 46.4 Å². The Morgan fingerprint density at radius 2 is 0.959 bits per heavy atom. The predicted molar refractivity (Wildman–Crippen MR) is 287 cm³/mol. The molecule has 378 valence electrons. The van der Waals surface area contributed by atoms with Crippen LogP contribution in [-0.2, 0) is 46.0 Å². The van der Waals surface area contributed by atoms with E-state index in [9.17, 15) is 38.9 Å². The van der Waals surface area contributed by atoms with Gasteiger partial charge in [0, 0.05) is 66.7 Å². The zero-order valence-electron chi connectivity index (χ0n) is 39.8. The van der Waals surface area contributed by atoms with E-state index in [2.05, 4.69) is 10.6 Å². The number of esters is 2. The van der Waals surface area contributed by atoms with Gasteiger partial charge in [-0.25, -0.2) is 9.59 Å². The number of hydrogen-bond acceptors (Lipinski definition) is 11. The minimum atomic E-state index is -1.03. The first-order valence-corrected chi connectivity index (χ1v) is 23.8. The Kier molecular flexibility index (Phi) is 16.9. The van der Waals surface area contributed by atoms with Crippen molar-refractivity contribution in [1.29, 1.82) is 0 Å². The summed E-state index contributed by atoms with van der Waals surface area (Å²) in [7, 11) is 5.78. The third-order valence-corrected chi connectivity index (χ3v) is 13.3. The van der Waals surface area contributed by atoms with Crippen molar-refractivity contribution in [3.8, 4) is 22.3 Å². The third-order valence-electron chi connectivity index (χ3n) is 12.0. The summed E-state index contributed by atoms with van der Waals surface area (Å²) < 4.78 is 12.8. The molecule has 0 unspecified atom stereocenters. The van der Waals surface area contributed by atoms with Crippen LogP contribution in [0.3, 0.4) is 0 Å². The van der Waals surface area contributed by atoms with Crippen molar-refractivity contribution >= 4 is 103 Å². The van der Waals surface area contributed by atoms with Gasteiger partial charge in [-0.05, 0) is 82.9 Å². The number of nitro benzene ring substituents is 1. The van der Waals surface area contributed by atoms with Crippen LogP contribution in [0.1, 0.15) is 31.8 Å². The standard InChI is InChI=1S/C27H21Cl2N3O6.C27H23Cl2N3O4/c1-31-23-11-10-18(32(36)37)13-17(23)14-19(26(31)34)16-8-6-15(7-9-16)12-22(27(35)38-2)30-25(33)24-20(28)4-3-5-21(24)29;1-32-23-11-10-18(30)13-17(23)14-19(26(32)34)16-8-6-15(7-9-16)12-22(27(35)36-2)31-25(33)24-20(28)4-3-5-21(24)29/h3-11,13-14,22H,12H2,1-2H3,(H,30,33);3-11,13-14,22H,12,30H2,1-2H3,(H,31,33)/t2*22-/m00/s1. The predicted octanol–water partition coefficient (Wildman–Crippen LogP) is 9.54. The molecule has 0 saturated heterocycles.